The number of imidazole rings is 1. The highest BCUT2D eigenvalue weighted by molar-refractivity contribution is 5.73. The molecule has 152 valence electrons. The molecule has 10 heteroatoms. The summed E-state index contributed by atoms with van der Waals surface area (Å²) >= 11 is 0. The van der Waals surface area contributed by atoms with Crippen molar-refractivity contribution in [3.05, 3.63) is 49.1 Å². The number of hydrogen-bond acceptors (Lipinski definition) is 5. The Balaban J connectivity index is 1.74. The van der Waals surface area contributed by atoms with Gasteiger partial charge in [0.25, 0.3) is 0 Å². The number of ether oxygens (including phenoxy) is 1. The Morgan fingerprint density at radius 1 is 1.07 bits per heavy atom. The molecule has 0 bridgehead atoms. The number of pyridine rings is 2. The fourth-order valence-corrected chi connectivity index (χ4v) is 2.35. The van der Waals surface area contributed by atoms with Gasteiger partial charge in [-0.25, -0.2) is 14.5 Å². The van der Waals surface area contributed by atoms with E-state index < -0.39 is 17.7 Å². The molecule has 0 unspecified atom stereocenters. The molecule has 0 amide bonds. The number of carboxylic acid groups (broad SMARTS) is 1. The van der Waals surface area contributed by atoms with E-state index >= 15 is 0 Å². The van der Waals surface area contributed by atoms with Crippen molar-refractivity contribution in [3.8, 4) is 28.5 Å². The minimum atomic E-state index is -4.57. The van der Waals surface area contributed by atoms with E-state index in [1.165, 1.54) is 18.5 Å². The highest BCUT2D eigenvalue weighted by atomic mass is 19.4. The van der Waals surface area contributed by atoms with Crippen LogP contribution in [0.15, 0.2) is 49.1 Å². The molecule has 0 saturated heterocycles. The summed E-state index contributed by atoms with van der Waals surface area (Å²) in [5.74, 6) is -0.976. The highest BCUT2D eigenvalue weighted by Gasteiger charge is 2.33. The van der Waals surface area contributed by atoms with Crippen LogP contribution in [0, 0.1) is 5.41 Å². The zero-order chi connectivity index (χ0) is 21.2. The minimum absolute atomic E-state index is 0.0481. The Hall–Kier alpha value is -3.43. The lowest BCUT2D eigenvalue weighted by Crippen LogP contribution is -2.30. The predicted octanol–water partition coefficient (Wildman–Crippen LogP) is 3.97. The number of carboxylic acids is 1. The van der Waals surface area contributed by atoms with Crippen LogP contribution >= 0.6 is 0 Å². The second-order valence-corrected chi connectivity index (χ2v) is 6.88. The van der Waals surface area contributed by atoms with Crippen molar-refractivity contribution in [2.24, 2.45) is 5.41 Å². The lowest BCUT2D eigenvalue weighted by atomic mass is 9.95. The molecule has 0 aliphatic heterocycles. The van der Waals surface area contributed by atoms with Gasteiger partial charge in [0.2, 0.25) is 5.88 Å². The summed E-state index contributed by atoms with van der Waals surface area (Å²) in [5.41, 5.74) is 0.295. The number of alkyl halides is 3. The van der Waals surface area contributed by atoms with Gasteiger partial charge in [-0.3, -0.25) is 9.78 Å². The average molecular weight is 406 g/mol. The molecule has 3 rings (SSSR count). The van der Waals surface area contributed by atoms with Crippen molar-refractivity contribution < 1.29 is 27.8 Å². The van der Waals surface area contributed by atoms with Gasteiger partial charge in [0, 0.05) is 42.0 Å². The summed E-state index contributed by atoms with van der Waals surface area (Å²) < 4.78 is 44.5. The molecule has 0 saturated carbocycles. The summed E-state index contributed by atoms with van der Waals surface area (Å²) in [6.07, 6.45) is 0.142. The van der Waals surface area contributed by atoms with Gasteiger partial charge in [-0.2, -0.15) is 0 Å². The van der Waals surface area contributed by atoms with E-state index in [1.807, 2.05) is 0 Å². The zero-order valence-electron chi connectivity index (χ0n) is 15.5. The van der Waals surface area contributed by atoms with Crippen LogP contribution in [0.2, 0.25) is 0 Å². The number of aromatic nitrogens is 4. The van der Waals surface area contributed by atoms with Crippen LogP contribution in [0.4, 0.5) is 13.2 Å². The molecule has 0 aliphatic carbocycles. The summed E-state index contributed by atoms with van der Waals surface area (Å²) in [5, 5.41) is 9.09. The van der Waals surface area contributed by atoms with E-state index in [9.17, 15) is 18.0 Å². The van der Waals surface area contributed by atoms with Crippen molar-refractivity contribution in [2.45, 2.75) is 20.1 Å². The first-order valence-corrected chi connectivity index (χ1v) is 8.47. The quantitative estimate of drug-likeness (QED) is 0.666. The molecule has 0 fully saturated rings. The molecule has 7 nitrogen and oxygen atoms in total. The van der Waals surface area contributed by atoms with Gasteiger partial charge in [-0.15, -0.1) is 13.2 Å². The predicted molar refractivity (Wildman–Crippen MR) is 96.9 cm³/mol. The standard InChI is InChI=1S/C19H17F3N4O3/c1-18(2,17(27)28)11-29-15-6-4-12(9-25-15)14-5-3-13(10-24-14)16-23-7-8-26(16)19(20,21)22/h3-10H,11H2,1-2H3,(H,27,28). The van der Waals surface area contributed by atoms with Crippen LogP contribution in [0.5, 0.6) is 5.88 Å². The van der Waals surface area contributed by atoms with E-state index in [0.29, 0.717) is 11.3 Å². The van der Waals surface area contributed by atoms with Crippen LogP contribution in [0.25, 0.3) is 22.6 Å². The molecule has 3 aromatic rings. The number of hydrogen-bond donors (Lipinski definition) is 1. The van der Waals surface area contributed by atoms with Crippen LogP contribution < -0.4 is 4.74 Å². The summed E-state index contributed by atoms with van der Waals surface area (Å²) in [6, 6.07) is 6.30. The summed E-state index contributed by atoms with van der Waals surface area (Å²) in [7, 11) is 0. The third-order valence-electron chi connectivity index (χ3n) is 4.13. The third-order valence-corrected chi connectivity index (χ3v) is 4.13. The largest absolute Gasteiger partial charge is 0.490 e. The molecule has 3 heterocycles. The SMILES string of the molecule is CC(C)(COc1ccc(-c2ccc(-c3nccn3C(F)(F)F)cn2)cn1)C(=O)O. The summed E-state index contributed by atoms with van der Waals surface area (Å²) in [6.45, 7) is 3.03. The zero-order valence-corrected chi connectivity index (χ0v) is 15.5. The van der Waals surface area contributed by atoms with Crippen molar-refractivity contribution in [1.82, 2.24) is 19.5 Å². The second kappa shape index (κ2) is 7.53. The van der Waals surface area contributed by atoms with Gasteiger partial charge in [0.15, 0.2) is 0 Å². The van der Waals surface area contributed by atoms with E-state index in [0.717, 1.165) is 12.4 Å². The van der Waals surface area contributed by atoms with Crippen LogP contribution in [0.1, 0.15) is 13.8 Å². The third kappa shape index (κ3) is 4.53. The van der Waals surface area contributed by atoms with Crippen LogP contribution in [-0.4, -0.2) is 37.2 Å². The molecule has 29 heavy (non-hydrogen) atoms. The first-order valence-electron chi connectivity index (χ1n) is 8.47. The maximum absolute atomic E-state index is 13.0. The van der Waals surface area contributed by atoms with Crippen LogP contribution in [0.3, 0.4) is 0 Å². The van der Waals surface area contributed by atoms with Crippen molar-refractivity contribution in [3.63, 3.8) is 0 Å². The molecule has 0 aromatic carbocycles. The molecule has 1 N–H and O–H groups in total. The van der Waals surface area contributed by atoms with Crippen LogP contribution in [-0.2, 0) is 11.1 Å². The van der Waals surface area contributed by atoms with Gasteiger partial charge >= 0.3 is 12.3 Å². The second-order valence-electron chi connectivity index (χ2n) is 6.88. The normalized spacial score (nSPS) is 12.0. The fraction of sp³-hybridized carbons (Fsp3) is 0.263. The molecule has 0 radical (unpaired) electrons. The average Bonchev–Trinajstić information content (AvgIpc) is 3.17. The van der Waals surface area contributed by atoms with E-state index in [-0.39, 0.29) is 28.4 Å². The van der Waals surface area contributed by atoms with Gasteiger partial charge in [-0.05, 0) is 32.0 Å². The molecule has 3 aromatic heterocycles. The highest BCUT2D eigenvalue weighted by Crippen LogP contribution is 2.29. The Labute approximate surface area is 163 Å². The Kier molecular flexibility index (Phi) is 5.27. The maximum Gasteiger partial charge on any atom is 0.490 e. The van der Waals surface area contributed by atoms with Gasteiger partial charge < -0.3 is 9.84 Å². The Bertz CT molecular complexity index is 997. The summed E-state index contributed by atoms with van der Waals surface area (Å²) in [4.78, 5) is 23.1. The van der Waals surface area contributed by atoms with Gasteiger partial charge in [-0.1, -0.05) is 0 Å². The lowest BCUT2D eigenvalue weighted by Gasteiger charge is -2.18. The molecule has 0 aliphatic rings. The topological polar surface area (TPSA) is 90.1 Å². The van der Waals surface area contributed by atoms with Crippen molar-refractivity contribution in [1.29, 1.82) is 0 Å². The number of aliphatic carboxylic acids is 1. The van der Waals surface area contributed by atoms with E-state index in [4.69, 9.17) is 9.84 Å². The lowest BCUT2D eigenvalue weighted by molar-refractivity contribution is -0.202. The Morgan fingerprint density at radius 3 is 2.31 bits per heavy atom. The number of halogens is 3. The van der Waals surface area contributed by atoms with Gasteiger partial charge in [0.1, 0.15) is 12.4 Å². The van der Waals surface area contributed by atoms with E-state index in [2.05, 4.69) is 15.0 Å². The van der Waals surface area contributed by atoms with Crippen molar-refractivity contribution >= 4 is 5.97 Å². The number of nitrogens with zero attached hydrogens (tertiary/aromatic N) is 4. The first-order chi connectivity index (χ1) is 13.6. The number of rotatable bonds is 6. The molecular weight excluding hydrogens is 389 g/mol. The smallest absolute Gasteiger partial charge is 0.481 e. The Morgan fingerprint density at radius 2 is 1.76 bits per heavy atom. The van der Waals surface area contributed by atoms with E-state index in [1.54, 1.807) is 32.0 Å². The van der Waals surface area contributed by atoms with Crippen molar-refractivity contribution in [2.75, 3.05) is 6.61 Å². The fourth-order valence-electron chi connectivity index (χ4n) is 2.35. The van der Waals surface area contributed by atoms with Gasteiger partial charge in [0.05, 0.1) is 11.1 Å². The maximum atomic E-state index is 13.0. The first kappa shape index (κ1) is 20.3. The molecule has 0 atom stereocenters. The minimum Gasteiger partial charge on any atom is -0.481 e. The number of carbonyl (C=O) groups is 1. The molecule has 0 spiro atoms. The monoisotopic (exact) mass is 406 g/mol. The molecular formula is C19H17F3N4O3.